The first kappa shape index (κ1) is 16.1. The molecule has 0 fully saturated rings. The zero-order valence-electron chi connectivity index (χ0n) is 11.8. The maximum absolute atomic E-state index is 11.3. The second-order valence-electron chi connectivity index (χ2n) is 5.24. The van der Waals surface area contributed by atoms with Gasteiger partial charge in [0.1, 0.15) is 0 Å². The third kappa shape index (κ3) is 5.72. The Hall–Kier alpha value is -0.910. The van der Waals surface area contributed by atoms with Gasteiger partial charge in [0.2, 0.25) is 0 Å². The van der Waals surface area contributed by atoms with Gasteiger partial charge in [-0.15, -0.1) is 0 Å². The molecule has 0 amide bonds. The van der Waals surface area contributed by atoms with E-state index in [9.17, 15) is 13.5 Å². The zero-order chi connectivity index (χ0) is 14.5. The summed E-state index contributed by atoms with van der Waals surface area (Å²) in [6.07, 6.45) is 1.63. The molecule has 0 spiro atoms. The van der Waals surface area contributed by atoms with Crippen molar-refractivity contribution in [1.82, 2.24) is 5.32 Å². The maximum atomic E-state index is 11.3. The molecule has 2 N–H and O–H groups in total. The molecule has 0 aliphatic heterocycles. The van der Waals surface area contributed by atoms with E-state index in [0.29, 0.717) is 12.5 Å². The van der Waals surface area contributed by atoms with Crippen molar-refractivity contribution in [2.45, 2.75) is 31.3 Å². The van der Waals surface area contributed by atoms with Crippen LogP contribution in [0.25, 0.3) is 0 Å². The van der Waals surface area contributed by atoms with Crippen molar-refractivity contribution < 1.29 is 13.5 Å². The second-order valence-corrected chi connectivity index (χ2v) is 7.26. The number of hydrogen-bond acceptors (Lipinski definition) is 4. The van der Waals surface area contributed by atoms with Gasteiger partial charge in [-0.2, -0.15) is 0 Å². The minimum Gasteiger partial charge on any atom is -0.387 e. The Morgan fingerprint density at radius 1 is 1.21 bits per heavy atom. The van der Waals surface area contributed by atoms with E-state index >= 15 is 0 Å². The third-order valence-corrected chi connectivity index (χ3v) is 4.06. The molecule has 4 nitrogen and oxygen atoms in total. The van der Waals surface area contributed by atoms with Gasteiger partial charge in [-0.05, 0) is 36.6 Å². The molecule has 0 radical (unpaired) electrons. The smallest absolute Gasteiger partial charge is 0.175 e. The molecule has 0 aliphatic rings. The first-order valence-corrected chi connectivity index (χ1v) is 8.38. The average molecular weight is 285 g/mol. The van der Waals surface area contributed by atoms with Crippen molar-refractivity contribution in [3.8, 4) is 0 Å². The summed E-state index contributed by atoms with van der Waals surface area (Å²) >= 11 is 0. The van der Waals surface area contributed by atoms with E-state index in [2.05, 4.69) is 19.2 Å². The molecule has 1 aromatic rings. The highest BCUT2D eigenvalue weighted by Crippen LogP contribution is 2.16. The minimum atomic E-state index is -3.17. The number of rotatable bonds is 7. The molecule has 0 saturated heterocycles. The molecule has 108 valence electrons. The lowest BCUT2D eigenvalue weighted by Crippen LogP contribution is -2.23. The van der Waals surface area contributed by atoms with Crippen LogP contribution < -0.4 is 5.32 Å². The van der Waals surface area contributed by atoms with Crippen molar-refractivity contribution >= 4 is 9.84 Å². The van der Waals surface area contributed by atoms with Crippen LogP contribution in [0.15, 0.2) is 29.2 Å². The Kier molecular flexibility index (Phi) is 5.97. The Balaban J connectivity index is 2.51. The van der Waals surface area contributed by atoms with Gasteiger partial charge in [0, 0.05) is 12.8 Å². The normalized spacial score (nSPS) is 13.7. The fourth-order valence-electron chi connectivity index (χ4n) is 1.68. The molecule has 19 heavy (non-hydrogen) atoms. The Labute approximate surface area is 115 Å². The Morgan fingerprint density at radius 2 is 1.79 bits per heavy atom. The molecule has 1 aromatic carbocycles. The van der Waals surface area contributed by atoms with Gasteiger partial charge in [0.15, 0.2) is 9.84 Å². The Morgan fingerprint density at radius 3 is 2.26 bits per heavy atom. The van der Waals surface area contributed by atoms with Crippen molar-refractivity contribution in [3.63, 3.8) is 0 Å². The molecular formula is C14H23NO3S. The molecule has 0 aliphatic carbocycles. The summed E-state index contributed by atoms with van der Waals surface area (Å²) in [7, 11) is -3.17. The first-order valence-electron chi connectivity index (χ1n) is 6.49. The number of aliphatic hydroxyl groups excluding tert-OH is 1. The van der Waals surface area contributed by atoms with Crippen molar-refractivity contribution in [2.24, 2.45) is 5.92 Å². The molecule has 0 saturated carbocycles. The lowest BCUT2D eigenvalue weighted by Gasteiger charge is -2.13. The van der Waals surface area contributed by atoms with Gasteiger partial charge in [-0.3, -0.25) is 0 Å². The van der Waals surface area contributed by atoms with Crippen LogP contribution in [0, 0.1) is 5.92 Å². The summed E-state index contributed by atoms with van der Waals surface area (Å²) in [4.78, 5) is 0.274. The lowest BCUT2D eigenvalue weighted by molar-refractivity contribution is 0.174. The van der Waals surface area contributed by atoms with Gasteiger partial charge >= 0.3 is 0 Å². The molecule has 0 heterocycles. The van der Waals surface area contributed by atoms with Crippen LogP contribution >= 0.6 is 0 Å². The topological polar surface area (TPSA) is 66.4 Å². The van der Waals surface area contributed by atoms with Crippen molar-refractivity contribution in [3.05, 3.63) is 29.8 Å². The highest BCUT2D eigenvalue weighted by atomic mass is 32.2. The van der Waals surface area contributed by atoms with E-state index in [-0.39, 0.29) is 4.90 Å². The number of sulfone groups is 1. The minimum absolute atomic E-state index is 0.274. The van der Waals surface area contributed by atoms with Gasteiger partial charge in [0.05, 0.1) is 11.0 Å². The third-order valence-electron chi connectivity index (χ3n) is 2.93. The van der Waals surface area contributed by atoms with Crippen LogP contribution in [0.5, 0.6) is 0 Å². The van der Waals surface area contributed by atoms with E-state index < -0.39 is 15.9 Å². The predicted molar refractivity (Wildman–Crippen MR) is 76.8 cm³/mol. The second kappa shape index (κ2) is 7.03. The summed E-state index contributed by atoms with van der Waals surface area (Å²) in [6.45, 7) is 5.66. The van der Waals surface area contributed by atoms with E-state index in [4.69, 9.17) is 0 Å². The summed E-state index contributed by atoms with van der Waals surface area (Å²) in [5.41, 5.74) is 0.726. The quantitative estimate of drug-likeness (QED) is 0.749. The summed E-state index contributed by atoms with van der Waals surface area (Å²) in [6, 6.07) is 6.38. The fourth-order valence-corrected chi connectivity index (χ4v) is 2.32. The first-order chi connectivity index (χ1) is 8.80. The number of benzene rings is 1. The molecule has 1 unspecified atom stereocenters. The number of nitrogens with one attached hydrogen (secondary N) is 1. The number of hydrogen-bond donors (Lipinski definition) is 2. The van der Waals surface area contributed by atoms with Crippen LogP contribution in [-0.4, -0.2) is 32.9 Å². The lowest BCUT2D eigenvalue weighted by atomic mass is 10.1. The van der Waals surface area contributed by atoms with Crippen LogP contribution in [0.2, 0.25) is 0 Å². The monoisotopic (exact) mass is 285 g/mol. The van der Waals surface area contributed by atoms with Crippen LogP contribution in [0.3, 0.4) is 0 Å². The highest BCUT2D eigenvalue weighted by molar-refractivity contribution is 7.90. The molecular weight excluding hydrogens is 262 g/mol. The van der Waals surface area contributed by atoms with Crippen LogP contribution in [0.1, 0.15) is 31.9 Å². The number of aliphatic hydroxyl groups is 1. The maximum Gasteiger partial charge on any atom is 0.175 e. The van der Waals surface area contributed by atoms with Gasteiger partial charge in [0.25, 0.3) is 0 Å². The van der Waals surface area contributed by atoms with E-state index in [1.54, 1.807) is 12.1 Å². The van der Waals surface area contributed by atoms with Gasteiger partial charge in [-0.25, -0.2) is 8.42 Å². The Bertz CT molecular complexity index is 480. The highest BCUT2D eigenvalue weighted by Gasteiger charge is 2.10. The SMILES string of the molecule is CC(C)CCNCC(O)c1ccc(S(C)(=O)=O)cc1. The summed E-state index contributed by atoms with van der Waals surface area (Å²) in [5.74, 6) is 0.638. The van der Waals surface area contributed by atoms with E-state index in [1.807, 2.05) is 0 Å². The zero-order valence-corrected chi connectivity index (χ0v) is 12.6. The predicted octanol–water partition coefficient (Wildman–Crippen LogP) is 1.76. The summed E-state index contributed by atoms with van der Waals surface area (Å²) in [5, 5.41) is 13.2. The molecule has 1 rings (SSSR count). The summed E-state index contributed by atoms with van der Waals surface area (Å²) < 4.78 is 22.6. The fraction of sp³-hybridized carbons (Fsp3) is 0.571. The standard InChI is InChI=1S/C14H23NO3S/c1-11(2)8-9-15-10-14(16)12-4-6-13(7-5-12)19(3,17)18/h4-7,11,14-16H,8-10H2,1-3H3. The van der Waals surface area contributed by atoms with Crippen molar-refractivity contribution in [1.29, 1.82) is 0 Å². The van der Waals surface area contributed by atoms with Gasteiger partial charge < -0.3 is 10.4 Å². The van der Waals surface area contributed by atoms with E-state index in [0.717, 1.165) is 18.5 Å². The molecule has 5 heteroatoms. The molecule has 1 atom stereocenters. The largest absolute Gasteiger partial charge is 0.387 e. The van der Waals surface area contributed by atoms with Gasteiger partial charge in [-0.1, -0.05) is 26.0 Å². The van der Waals surface area contributed by atoms with Crippen LogP contribution in [-0.2, 0) is 9.84 Å². The average Bonchev–Trinajstić information content (AvgIpc) is 2.33. The van der Waals surface area contributed by atoms with E-state index in [1.165, 1.54) is 18.4 Å². The molecule has 0 bridgehead atoms. The van der Waals surface area contributed by atoms with Crippen molar-refractivity contribution in [2.75, 3.05) is 19.3 Å². The van der Waals surface area contributed by atoms with Crippen LogP contribution in [0.4, 0.5) is 0 Å². The molecule has 0 aromatic heterocycles.